The minimum atomic E-state index is 0.445. The first-order chi connectivity index (χ1) is 5.29. The average molecular weight is 124 g/mol. The van der Waals surface area contributed by atoms with Gasteiger partial charge in [-0.1, -0.05) is 35.8 Å². The molecule has 1 aromatic rings. The monoisotopic (exact) mass is 124 g/mol. The first-order valence-electron chi connectivity index (χ1n) is 3.69. The number of benzene rings is 1. The SMILES string of the molecule is [2H]C1=C([B])[B]c2ccccc21. The molecule has 0 unspecified atom stereocenters. The lowest BCUT2D eigenvalue weighted by Gasteiger charge is -1.93. The number of fused-ring (bicyclic) bond motifs is 1. The second-order valence-corrected chi connectivity index (χ2v) is 2.31. The van der Waals surface area contributed by atoms with Crippen LogP contribution in [0.4, 0.5) is 0 Å². The molecule has 0 saturated heterocycles. The molecule has 0 spiro atoms. The number of rotatable bonds is 0. The third-order valence-corrected chi connectivity index (χ3v) is 1.55. The van der Waals surface area contributed by atoms with E-state index in [2.05, 4.69) is 0 Å². The predicted molar refractivity (Wildman–Crippen MR) is 45.6 cm³/mol. The molecule has 0 bridgehead atoms. The molecule has 0 aliphatic carbocycles. The van der Waals surface area contributed by atoms with Crippen LogP contribution in [0, 0.1) is 0 Å². The van der Waals surface area contributed by atoms with Crippen LogP contribution in [0.2, 0.25) is 0 Å². The van der Waals surface area contributed by atoms with Gasteiger partial charge in [0.1, 0.15) is 0 Å². The topological polar surface area (TPSA) is 0 Å². The zero-order valence-corrected chi connectivity index (χ0v) is 5.46. The third-order valence-electron chi connectivity index (χ3n) is 1.55. The standard InChI is InChI=1S/C8H5B2/c9-8-5-6-3-1-2-4-7(6)10-8/h1-5H/i5D. The Kier molecular flexibility index (Phi) is 0.991. The van der Waals surface area contributed by atoms with Crippen LogP contribution in [0.1, 0.15) is 6.93 Å². The van der Waals surface area contributed by atoms with Crippen LogP contribution in [0.5, 0.6) is 0 Å². The summed E-state index contributed by atoms with van der Waals surface area (Å²) in [5, 5.41) is 0.561. The first kappa shape index (κ1) is 4.84. The van der Waals surface area contributed by atoms with Crippen LogP contribution in [0.25, 0.3) is 6.05 Å². The van der Waals surface area contributed by atoms with E-state index in [1.165, 1.54) is 0 Å². The van der Waals surface area contributed by atoms with Gasteiger partial charge in [-0.2, -0.15) is 0 Å². The second-order valence-electron chi connectivity index (χ2n) is 2.31. The lowest BCUT2D eigenvalue weighted by molar-refractivity contribution is 1.73. The zero-order chi connectivity index (χ0) is 7.84. The Morgan fingerprint density at radius 3 is 3.00 bits per heavy atom. The van der Waals surface area contributed by atoms with Gasteiger partial charge in [-0.3, -0.25) is 0 Å². The third kappa shape index (κ3) is 0.803. The summed E-state index contributed by atoms with van der Waals surface area (Å²) in [5.74, 6) is 0. The molecule has 10 heavy (non-hydrogen) atoms. The van der Waals surface area contributed by atoms with E-state index in [4.69, 9.17) is 9.22 Å². The summed E-state index contributed by atoms with van der Waals surface area (Å²) in [6.45, 7) is 0. The smallest absolute Gasteiger partial charge is 0.146 e. The van der Waals surface area contributed by atoms with E-state index in [0.29, 0.717) is 11.4 Å². The van der Waals surface area contributed by atoms with Crippen molar-refractivity contribution < 1.29 is 1.37 Å². The fraction of sp³-hybridized carbons (Fsp3) is 0. The van der Waals surface area contributed by atoms with Crippen molar-refractivity contribution in [3.05, 3.63) is 35.2 Å². The van der Waals surface area contributed by atoms with Crippen LogP contribution in [-0.2, 0) is 0 Å². The minimum Gasteiger partial charge on any atom is -0.146 e. The Bertz CT molecular complexity index is 331. The molecule has 2 rings (SSSR count). The highest BCUT2D eigenvalue weighted by Gasteiger charge is 2.07. The molecule has 1 aliphatic rings. The van der Waals surface area contributed by atoms with Crippen LogP contribution in [-0.4, -0.2) is 15.1 Å². The minimum absolute atomic E-state index is 0.445. The van der Waals surface area contributed by atoms with Gasteiger partial charge in [0.05, 0.1) is 9.22 Å². The fourth-order valence-corrected chi connectivity index (χ4v) is 1.10. The van der Waals surface area contributed by atoms with E-state index in [1.54, 1.807) is 0 Å². The van der Waals surface area contributed by atoms with Crippen molar-refractivity contribution in [2.75, 3.05) is 0 Å². The van der Waals surface area contributed by atoms with Crippen molar-refractivity contribution in [2.45, 2.75) is 0 Å². The van der Waals surface area contributed by atoms with E-state index in [9.17, 15) is 0 Å². The largest absolute Gasteiger partial charge is 0.174 e. The molecule has 1 heterocycles. The molecular weight excluding hydrogens is 118 g/mol. The normalized spacial score (nSPS) is 16.2. The van der Waals surface area contributed by atoms with Gasteiger partial charge in [0.15, 0.2) is 7.28 Å². The molecule has 0 aromatic heterocycles. The van der Waals surface area contributed by atoms with Crippen molar-refractivity contribution >= 4 is 26.6 Å². The maximum absolute atomic E-state index is 7.54. The molecule has 3 radical (unpaired) electrons. The van der Waals surface area contributed by atoms with Crippen molar-refractivity contribution in [2.24, 2.45) is 0 Å². The number of hydrogen-bond donors (Lipinski definition) is 0. The van der Waals surface area contributed by atoms with E-state index in [-0.39, 0.29) is 0 Å². The molecule has 0 atom stereocenters. The maximum Gasteiger partial charge on any atom is 0.174 e. The van der Waals surface area contributed by atoms with Crippen LogP contribution < -0.4 is 5.46 Å². The van der Waals surface area contributed by atoms with Gasteiger partial charge in [-0.15, -0.1) is 5.37 Å². The van der Waals surface area contributed by atoms with Crippen molar-refractivity contribution in [3.8, 4) is 0 Å². The summed E-state index contributed by atoms with van der Waals surface area (Å²) < 4.78 is 7.54. The lowest BCUT2D eigenvalue weighted by atomic mass is 9.59. The summed E-state index contributed by atoms with van der Waals surface area (Å²) in [5.41, 5.74) is 1.99. The predicted octanol–water partition coefficient (Wildman–Crippen LogP) is 0.497. The van der Waals surface area contributed by atoms with Gasteiger partial charge in [-0.05, 0) is 5.56 Å². The molecule has 0 N–H and O–H groups in total. The Labute approximate surface area is 64.0 Å². The van der Waals surface area contributed by atoms with Gasteiger partial charge in [-0.25, -0.2) is 0 Å². The maximum atomic E-state index is 7.54. The van der Waals surface area contributed by atoms with Gasteiger partial charge in [0, 0.05) is 0 Å². The first-order valence-corrected chi connectivity index (χ1v) is 3.19. The molecule has 43 valence electrons. The molecule has 0 fully saturated rings. The van der Waals surface area contributed by atoms with Crippen molar-refractivity contribution in [3.63, 3.8) is 0 Å². The summed E-state index contributed by atoms with van der Waals surface area (Å²) in [4.78, 5) is 0. The molecule has 0 nitrogen and oxygen atoms in total. The van der Waals surface area contributed by atoms with Crippen LogP contribution in [0.15, 0.2) is 29.6 Å². The molecule has 0 amide bonds. The van der Waals surface area contributed by atoms with Crippen molar-refractivity contribution in [1.29, 1.82) is 0 Å². The summed E-state index contributed by atoms with van der Waals surface area (Å²) in [6.07, 6.45) is 0. The summed E-state index contributed by atoms with van der Waals surface area (Å²) in [6, 6.07) is 8.18. The zero-order valence-electron chi connectivity index (χ0n) is 6.46. The Hall–Kier alpha value is -0.910. The number of hydrogen-bond acceptors (Lipinski definition) is 0. The van der Waals surface area contributed by atoms with E-state index >= 15 is 0 Å². The molecular formula is C8H5B2. The average Bonchev–Trinajstić information content (AvgIpc) is 2.30. The van der Waals surface area contributed by atoms with Crippen LogP contribution >= 0.6 is 0 Å². The molecule has 0 saturated carbocycles. The molecule has 2 heteroatoms. The Balaban J connectivity index is 2.60. The summed E-state index contributed by atoms with van der Waals surface area (Å²) in [7, 11) is 7.40. The molecule has 1 aliphatic heterocycles. The van der Waals surface area contributed by atoms with Gasteiger partial charge >= 0.3 is 0 Å². The Morgan fingerprint density at radius 2 is 2.20 bits per heavy atom. The summed E-state index contributed by atoms with van der Waals surface area (Å²) >= 11 is 0. The fourth-order valence-electron chi connectivity index (χ4n) is 1.10. The lowest BCUT2D eigenvalue weighted by Crippen LogP contribution is -2.12. The Morgan fingerprint density at radius 1 is 1.40 bits per heavy atom. The van der Waals surface area contributed by atoms with E-state index in [1.807, 2.05) is 31.5 Å². The van der Waals surface area contributed by atoms with E-state index < -0.39 is 0 Å². The molecule has 1 aromatic carbocycles. The van der Waals surface area contributed by atoms with E-state index in [0.717, 1.165) is 11.0 Å². The van der Waals surface area contributed by atoms with Crippen molar-refractivity contribution in [1.82, 2.24) is 0 Å². The van der Waals surface area contributed by atoms with Gasteiger partial charge in [0.25, 0.3) is 0 Å². The van der Waals surface area contributed by atoms with Crippen LogP contribution in [0.3, 0.4) is 0 Å². The highest BCUT2D eigenvalue weighted by molar-refractivity contribution is 6.75. The second kappa shape index (κ2) is 2.05. The van der Waals surface area contributed by atoms with Gasteiger partial charge in [0.2, 0.25) is 0 Å². The highest BCUT2D eigenvalue weighted by atomic mass is 14.0. The van der Waals surface area contributed by atoms with Gasteiger partial charge < -0.3 is 0 Å². The highest BCUT2D eigenvalue weighted by Crippen LogP contribution is 2.07. The quantitative estimate of drug-likeness (QED) is 0.441.